The molecule has 1 unspecified atom stereocenters. The van der Waals surface area contributed by atoms with Crippen LogP contribution in [0, 0.1) is 3.57 Å². The first-order valence-corrected chi connectivity index (χ1v) is 13.6. The molecule has 2 N–H and O–H groups in total. The molecule has 13 heteroatoms. The van der Waals surface area contributed by atoms with Crippen LogP contribution in [0.2, 0.25) is 5.02 Å². The summed E-state index contributed by atoms with van der Waals surface area (Å²) in [6, 6.07) is 9.19. The van der Waals surface area contributed by atoms with Gasteiger partial charge in [0.1, 0.15) is 0 Å². The van der Waals surface area contributed by atoms with Crippen molar-refractivity contribution >= 4 is 59.7 Å². The normalized spacial score (nSPS) is 15.8. The smallest absolute Gasteiger partial charge is 0.404 e. The van der Waals surface area contributed by atoms with Gasteiger partial charge >= 0.3 is 6.36 Å². The highest BCUT2D eigenvalue weighted by molar-refractivity contribution is 14.2. The number of halogens is 5. The van der Waals surface area contributed by atoms with Crippen molar-refractivity contribution in [2.24, 2.45) is 0 Å². The number of ether oxygens (including phenoxy) is 1. The maximum Gasteiger partial charge on any atom is 0.573 e. The molecule has 1 amide bonds. The number of hydrogen-bond acceptors (Lipinski definition) is 4. The molecule has 1 fully saturated rings. The zero-order valence-electron chi connectivity index (χ0n) is 17.1. The van der Waals surface area contributed by atoms with Crippen LogP contribution >= 0.6 is 32.3 Å². The van der Waals surface area contributed by atoms with Crippen molar-refractivity contribution < 1.29 is 31.5 Å². The lowest BCUT2D eigenvalue weighted by Crippen LogP contribution is -2.48. The molecule has 0 bridgehead atoms. The lowest BCUT2D eigenvalue weighted by Gasteiger charge is -2.35. The van der Waals surface area contributed by atoms with Crippen molar-refractivity contribution in [2.75, 3.05) is 30.9 Å². The van der Waals surface area contributed by atoms with Crippen LogP contribution in [0.1, 0.15) is 15.9 Å². The summed E-state index contributed by atoms with van der Waals surface area (Å²) in [5.41, 5.74) is 0.690. The Labute approximate surface area is 206 Å². The number of nitrogens with one attached hydrogen (secondary N) is 1. The van der Waals surface area contributed by atoms with Gasteiger partial charge in [0, 0.05) is 46.9 Å². The van der Waals surface area contributed by atoms with Gasteiger partial charge in [-0.2, -0.15) is 0 Å². The van der Waals surface area contributed by atoms with Crippen molar-refractivity contribution in [1.29, 1.82) is 0 Å². The molecule has 0 radical (unpaired) electrons. The molecular weight excluding hydrogens is 598 g/mol. The minimum absolute atomic E-state index is 0.0178. The molecule has 1 saturated heterocycles. The zero-order chi connectivity index (χ0) is 24.2. The standard InChI is InChI=1S/C20H20ClF3IN3O4S/c1-25-16-9-13(8-15(21)11-16)12-27-4-6-28(7-5-27)19(29)14-2-3-17(26-33(30)31)18(10-14)32-20(22,23)24/h2-3,8-11,26H,1,4-7,12H2,(H,30,31). The fraction of sp³-hybridized carbons (Fsp3) is 0.300. The maximum absolute atomic E-state index is 12.9. The molecular formula is C20H20ClF3IN3O4S. The molecule has 0 spiro atoms. The Morgan fingerprint density at radius 1 is 1.21 bits per heavy atom. The molecule has 33 heavy (non-hydrogen) atoms. The minimum Gasteiger partial charge on any atom is -0.404 e. The monoisotopic (exact) mass is 617 g/mol. The molecule has 1 aliphatic rings. The van der Waals surface area contributed by atoms with Crippen LogP contribution in [0.4, 0.5) is 18.9 Å². The lowest BCUT2D eigenvalue weighted by molar-refractivity contribution is -0.274. The van der Waals surface area contributed by atoms with Crippen LogP contribution in [0.5, 0.6) is 5.75 Å². The third-order valence-electron chi connectivity index (χ3n) is 4.79. The number of carbonyl (C=O) groups excluding carboxylic acids is 1. The summed E-state index contributed by atoms with van der Waals surface area (Å²) >= 11 is 3.23. The SMILES string of the molecule is C=Ic1cc(Cl)cc(CN2CCN(C(=O)c3ccc(NS(=O)O)c(OC(F)(F)F)c3)CC2)c1. The number of piperazine rings is 1. The highest BCUT2D eigenvalue weighted by Crippen LogP contribution is 2.32. The lowest BCUT2D eigenvalue weighted by atomic mass is 10.1. The number of benzene rings is 2. The summed E-state index contributed by atoms with van der Waals surface area (Å²) in [6.45, 7) is 2.63. The van der Waals surface area contributed by atoms with Crippen molar-refractivity contribution in [1.82, 2.24) is 9.80 Å². The molecule has 7 nitrogen and oxygen atoms in total. The van der Waals surface area contributed by atoms with Crippen LogP contribution in [0.15, 0.2) is 36.4 Å². The molecule has 180 valence electrons. The summed E-state index contributed by atoms with van der Waals surface area (Å²) in [6.07, 6.45) is -5.03. The molecule has 3 rings (SSSR count). The first kappa shape index (κ1) is 25.9. The van der Waals surface area contributed by atoms with Crippen molar-refractivity contribution in [3.05, 3.63) is 56.1 Å². The average molecular weight is 618 g/mol. The summed E-state index contributed by atoms with van der Waals surface area (Å²) < 4.78 is 69.1. The number of alkyl halides is 3. The van der Waals surface area contributed by atoms with E-state index in [-0.39, 0.29) is 32.0 Å². The van der Waals surface area contributed by atoms with Gasteiger partial charge in [-0.3, -0.25) is 19.0 Å². The number of carbonyl (C=O) groups is 1. The van der Waals surface area contributed by atoms with E-state index in [1.807, 2.05) is 16.9 Å². The third kappa shape index (κ3) is 7.64. The Bertz CT molecular complexity index is 1070. The molecule has 2 aromatic rings. The van der Waals surface area contributed by atoms with Crippen LogP contribution in [0.3, 0.4) is 0 Å². The number of rotatable bonds is 7. The Kier molecular flexibility index (Phi) is 8.72. The Morgan fingerprint density at radius 3 is 2.52 bits per heavy atom. The van der Waals surface area contributed by atoms with E-state index in [0.29, 0.717) is 37.7 Å². The highest BCUT2D eigenvalue weighted by Gasteiger charge is 2.33. The van der Waals surface area contributed by atoms with E-state index in [9.17, 15) is 22.2 Å². The van der Waals surface area contributed by atoms with Gasteiger partial charge in [0.25, 0.3) is 17.2 Å². The van der Waals surface area contributed by atoms with Gasteiger partial charge in [-0.1, -0.05) is 36.8 Å². The Morgan fingerprint density at radius 2 is 1.91 bits per heavy atom. The van der Waals surface area contributed by atoms with E-state index in [1.165, 1.54) is 6.07 Å². The zero-order valence-corrected chi connectivity index (χ0v) is 20.8. The summed E-state index contributed by atoms with van der Waals surface area (Å²) in [5.74, 6) is -1.22. The predicted molar refractivity (Wildman–Crippen MR) is 130 cm³/mol. The summed E-state index contributed by atoms with van der Waals surface area (Å²) in [7, 11) is 0. The first-order chi connectivity index (χ1) is 15.5. The maximum atomic E-state index is 12.9. The van der Waals surface area contributed by atoms with Gasteiger partial charge in [0.05, 0.1) is 5.69 Å². The van der Waals surface area contributed by atoms with Crippen LogP contribution in [-0.2, 0) is 17.8 Å². The van der Waals surface area contributed by atoms with Gasteiger partial charge in [0.2, 0.25) is 0 Å². The van der Waals surface area contributed by atoms with Gasteiger partial charge in [-0.05, 0) is 42.0 Å². The molecule has 1 heterocycles. The van der Waals surface area contributed by atoms with E-state index >= 15 is 0 Å². The molecule has 1 aliphatic heterocycles. The fourth-order valence-corrected chi connectivity index (χ4v) is 5.35. The van der Waals surface area contributed by atoms with Gasteiger partial charge in [0.15, 0.2) is 5.75 Å². The summed E-state index contributed by atoms with van der Waals surface area (Å²) in [5, 5.41) is 0.666. The van der Waals surface area contributed by atoms with Crippen molar-refractivity contribution in [3.63, 3.8) is 0 Å². The second-order valence-corrected chi connectivity index (χ2v) is 10.2. The molecule has 0 aromatic heterocycles. The quantitative estimate of drug-likeness (QED) is 0.358. The first-order valence-electron chi connectivity index (χ1n) is 9.51. The van der Waals surface area contributed by atoms with Gasteiger partial charge in [-0.15, -0.1) is 13.2 Å². The van der Waals surface area contributed by atoms with E-state index in [4.69, 9.17) is 16.2 Å². The number of nitrogens with zero attached hydrogens (tertiary/aromatic N) is 2. The second kappa shape index (κ2) is 11.1. The molecule has 0 aliphatic carbocycles. The number of amides is 1. The highest BCUT2D eigenvalue weighted by atomic mass is 127. The van der Waals surface area contributed by atoms with E-state index in [2.05, 4.69) is 20.2 Å². The average Bonchev–Trinajstić information content (AvgIpc) is 2.73. The van der Waals surface area contributed by atoms with Crippen molar-refractivity contribution in [2.45, 2.75) is 12.9 Å². The minimum atomic E-state index is -5.03. The molecule has 2 aromatic carbocycles. The Balaban J connectivity index is 1.67. The third-order valence-corrected chi connectivity index (χ3v) is 6.91. The predicted octanol–water partition coefficient (Wildman–Crippen LogP) is 4.32. The largest absolute Gasteiger partial charge is 0.573 e. The topological polar surface area (TPSA) is 82.1 Å². The number of hydrogen-bond donors (Lipinski definition) is 2. The Hall–Kier alpha value is -1.74. The van der Waals surface area contributed by atoms with E-state index in [0.717, 1.165) is 21.3 Å². The van der Waals surface area contributed by atoms with Crippen LogP contribution < -0.4 is 9.46 Å². The van der Waals surface area contributed by atoms with Gasteiger partial charge < -0.3 is 9.64 Å². The molecule has 0 saturated carbocycles. The van der Waals surface area contributed by atoms with E-state index in [1.54, 1.807) is 4.90 Å². The second-order valence-electron chi connectivity index (χ2n) is 7.09. The van der Waals surface area contributed by atoms with Crippen LogP contribution in [0.25, 0.3) is 0 Å². The number of anilines is 1. The van der Waals surface area contributed by atoms with Crippen LogP contribution in [-0.4, -0.2) is 61.5 Å². The van der Waals surface area contributed by atoms with Gasteiger partial charge in [-0.25, -0.2) is 4.21 Å². The van der Waals surface area contributed by atoms with Crippen molar-refractivity contribution in [3.8, 4) is 5.75 Å². The fourth-order valence-electron chi connectivity index (χ4n) is 3.37. The molecule has 1 atom stereocenters. The van der Waals surface area contributed by atoms with E-state index < -0.39 is 29.3 Å². The summed E-state index contributed by atoms with van der Waals surface area (Å²) in [4.78, 5) is 16.6.